The molecular weight excluding hydrogens is 612 g/mol. The van der Waals surface area contributed by atoms with Crippen molar-refractivity contribution in [1.29, 1.82) is 0 Å². The first kappa shape index (κ1) is 24.3. The molecule has 6 rings (SSSR count). The molecule has 3 aromatic carbocycles. The van der Waals surface area contributed by atoms with E-state index in [2.05, 4.69) is 74.8 Å². The van der Waals surface area contributed by atoms with Crippen molar-refractivity contribution < 1.29 is 4.74 Å². The Morgan fingerprint density at radius 2 is 1.78 bits per heavy atom. The average Bonchev–Trinajstić information content (AvgIpc) is 3.21. The lowest BCUT2D eigenvalue weighted by Gasteiger charge is -2.30. The minimum atomic E-state index is -0.170. The molecule has 0 saturated carbocycles. The lowest BCUT2D eigenvalue weighted by atomic mass is 9.83. The number of aryl methyl sites for hydroxylation is 1. The van der Waals surface area contributed by atoms with Crippen LogP contribution in [0.3, 0.4) is 0 Å². The SMILES string of the molecule is C=CCOc1c(Br)cc(/C=c2/sc3n(c2=O)[C@H](c2ccccc2)C2=C(N=3)c3ccccc3CC2)cc1Br. The molecule has 0 fully saturated rings. The highest BCUT2D eigenvalue weighted by atomic mass is 79.9. The van der Waals surface area contributed by atoms with E-state index in [1.54, 1.807) is 6.08 Å². The van der Waals surface area contributed by atoms with Crippen LogP contribution in [-0.2, 0) is 6.42 Å². The number of rotatable bonds is 5. The zero-order valence-corrected chi connectivity index (χ0v) is 23.8. The second-order valence-electron chi connectivity index (χ2n) is 8.94. The maximum Gasteiger partial charge on any atom is 0.271 e. The third-order valence-electron chi connectivity index (χ3n) is 6.65. The number of fused-ring (bicyclic) bond motifs is 3. The van der Waals surface area contributed by atoms with Crippen LogP contribution in [0.2, 0.25) is 0 Å². The highest BCUT2D eigenvalue weighted by Gasteiger charge is 2.32. The molecule has 2 heterocycles. The summed E-state index contributed by atoms with van der Waals surface area (Å²) in [5, 5.41) is 0. The zero-order valence-electron chi connectivity index (χ0n) is 19.8. The average molecular weight is 634 g/mol. The fourth-order valence-corrected chi connectivity index (χ4v) is 7.50. The molecule has 0 unspecified atom stereocenters. The van der Waals surface area contributed by atoms with Gasteiger partial charge in [-0.3, -0.25) is 9.36 Å². The topological polar surface area (TPSA) is 43.6 Å². The Balaban J connectivity index is 1.54. The van der Waals surface area contributed by atoms with E-state index in [1.807, 2.05) is 41.0 Å². The first-order chi connectivity index (χ1) is 18.0. The smallest absolute Gasteiger partial charge is 0.271 e. The Kier molecular flexibility index (Phi) is 6.61. The number of nitrogens with zero attached hydrogens (tertiary/aromatic N) is 2. The largest absolute Gasteiger partial charge is 0.487 e. The van der Waals surface area contributed by atoms with Crippen LogP contribution in [-0.4, -0.2) is 11.2 Å². The molecule has 1 aliphatic heterocycles. The fraction of sp³-hybridized carbons (Fsp3) is 0.133. The van der Waals surface area contributed by atoms with Gasteiger partial charge in [-0.05, 0) is 85.2 Å². The van der Waals surface area contributed by atoms with E-state index < -0.39 is 0 Å². The van der Waals surface area contributed by atoms with Crippen molar-refractivity contribution in [2.75, 3.05) is 6.61 Å². The Morgan fingerprint density at radius 1 is 1.05 bits per heavy atom. The van der Waals surface area contributed by atoms with E-state index in [0.29, 0.717) is 16.9 Å². The van der Waals surface area contributed by atoms with Crippen LogP contribution in [0.4, 0.5) is 0 Å². The quantitative estimate of drug-likeness (QED) is 0.239. The third kappa shape index (κ3) is 4.39. The van der Waals surface area contributed by atoms with Gasteiger partial charge in [0.2, 0.25) is 0 Å². The Hall–Kier alpha value is -3.00. The van der Waals surface area contributed by atoms with Crippen molar-refractivity contribution in [3.8, 4) is 5.75 Å². The van der Waals surface area contributed by atoms with E-state index in [4.69, 9.17) is 9.73 Å². The second-order valence-corrected chi connectivity index (χ2v) is 11.7. The number of aromatic nitrogens is 1. The van der Waals surface area contributed by atoms with Gasteiger partial charge < -0.3 is 4.74 Å². The van der Waals surface area contributed by atoms with Gasteiger partial charge in [-0.2, -0.15) is 0 Å². The Bertz CT molecular complexity index is 1730. The first-order valence-corrected chi connectivity index (χ1v) is 14.4. The number of thiazole rings is 1. The van der Waals surface area contributed by atoms with E-state index >= 15 is 0 Å². The van der Waals surface area contributed by atoms with Gasteiger partial charge in [0, 0.05) is 5.56 Å². The van der Waals surface area contributed by atoms with Gasteiger partial charge in [0.15, 0.2) is 4.80 Å². The van der Waals surface area contributed by atoms with Crippen LogP contribution in [0.25, 0.3) is 11.8 Å². The van der Waals surface area contributed by atoms with Gasteiger partial charge in [0.05, 0.1) is 25.2 Å². The van der Waals surface area contributed by atoms with E-state index in [-0.39, 0.29) is 11.6 Å². The molecule has 0 N–H and O–H groups in total. The van der Waals surface area contributed by atoms with Gasteiger partial charge in [-0.15, -0.1) is 0 Å². The summed E-state index contributed by atoms with van der Waals surface area (Å²) in [5.41, 5.74) is 6.67. The molecule has 184 valence electrons. The normalized spacial score (nSPS) is 16.5. The van der Waals surface area contributed by atoms with Crippen molar-refractivity contribution in [3.63, 3.8) is 0 Å². The number of hydrogen-bond acceptors (Lipinski definition) is 4. The molecule has 4 aromatic rings. The molecule has 4 nitrogen and oxygen atoms in total. The predicted octanol–water partition coefficient (Wildman–Crippen LogP) is 6.41. The minimum absolute atomic E-state index is 0.0257. The standard InChI is InChI=1S/C30H22Br2N2O2S/c1-2-14-36-28-23(31)15-18(16-24(28)32)17-25-29(35)34-27(20-9-4-3-5-10-20)22-13-12-19-8-6-7-11-21(19)26(22)33-30(34)37-25/h2-11,15-17,27H,1,12-14H2/b25-17+/t27-/m1/s1. The number of ether oxygens (including phenoxy) is 1. The van der Waals surface area contributed by atoms with Crippen LogP contribution in [0.5, 0.6) is 5.75 Å². The molecule has 1 aliphatic carbocycles. The summed E-state index contributed by atoms with van der Waals surface area (Å²) in [6.45, 7) is 4.11. The molecule has 0 spiro atoms. The van der Waals surface area contributed by atoms with Crippen LogP contribution in [0.15, 0.2) is 104 Å². The summed E-state index contributed by atoms with van der Waals surface area (Å²) in [6.07, 6.45) is 5.45. The number of halogens is 2. The highest BCUT2D eigenvalue weighted by molar-refractivity contribution is 9.11. The molecule has 1 aromatic heterocycles. The summed E-state index contributed by atoms with van der Waals surface area (Å²) >= 11 is 8.63. The Labute approximate surface area is 235 Å². The molecular formula is C30H22Br2N2O2S. The molecule has 0 saturated heterocycles. The first-order valence-electron chi connectivity index (χ1n) is 12.0. The number of benzene rings is 3. The van der Waals surface area contributed by atoms with Crippen LogP contribution in [0, 0.1) is 0 Å². The van der Waals surface area contributed by atoms with Crippen molar-refractivity contribution in [3.05, 3.63) is 136 Å². The maximum absolute atomic E-state index is 13.9. The lowest BCUT2D eigenvalue weighted by molar-refractivity contribution is 0.358. The molecule has 7 heteroatoms. The number of allylic oxidation sites excluding steroid dienone is 1. The van der Waals surface area contributed by atoms with Gasteiger partial charge in [0.25, 0.3) is 5.56 Å². The summed E-state index contributed by atoms with van der Waals surface area (Å²) in [4.78, 5) is 19.7. The summed E-state index contributed by atoms with van der Waals surface area (Å²) in [7, 11) is 0. The van der Waals surface area contributed by atoms with Gasteiger partial charge >= 0.3 is 0 Å². The third-order valence-corrected chi connectivity index (χ3v) is 8.81. The molecule has 37 heavy (non-hydrogen) atoms. The van der Waals surface area contributed by atoms with Crippen molar-refractivity contribution in [1.82, 2.24) is 4.57 Å². The maximum atomic E-state index is 13.9. The van der Waals surface area contributed by atoms with Gasteiger partial charge in [-0.25, -0.2) is 4.99 Å². The molecule has 1 atom stereocenters. The van der Waals surface area contributed by atoms with E-state index in [0.717, 1.165) is 43.4 Å². The highest BCUT2D eigenvalue weighted by Crippen LogP contribution is 2.41. The van der Waals surface area contributed by atoms with Crippen molar-refractivity contribution in [2.24, 2.45) is 4.99 Å². The van der Waals surface area contributed by atoms with Crippen LogP contribution >= 0.6 is 43.2 Å². The second kappa shape index (κ2) is 10.0. The molecule has 0 radical (unpaired) electrons. The van der Waals surface area contributed by atoms with Crippen molar-refractivity contribution >= 4 is 55.0 Å². The molecule has 0 bridgehead atoms. The fourth-order valence-electron chi connectivity index (χ4n) is 5.05. The van der Waals surface area contributed by atoms with E-state index in [9.17, 15) is 4.79 Å². The zero-order chi connectivity index (χ0) is 25.5. The molecule has 2 aliphatic rings. The van der Waals surface area contributed by atoms with Crippen LogP contribution in [0.1, 0.15) is 34.7 Å². The van der Waals surface area contributed by atoms with E-state index in [1.165, 1.54) is 28.0 Å². The summed E-state index contributed by atoms with van der Waals surface area (Å²) < 4.78 is 9.88. The van der Waals surface area contributed by atoms with Gasteiger partial charge in [0.1, 0.15) is 12.4 Å². The lowest BCUT2D eigenvalue weighted by Crippen LogP contribution is -2.38. The minimum Gasteiger partial charge on any atom is -0.487 e. The predicted molar refractivity (Wildman–Crippen MR) is 157 cm³/mol. The Morgan fingerprint density at radius 3 is 2.54 bits per heavy atom. The summed E-state index contributed by atoms with van der Waals surface area (Å²) in [5.74, 6) is 0.703. The van der Waals surface area contributed by atoms with Gasteiger partial charge in [-0.1, -0.05) is 78.6 Å². The van der Waals surface area contributed by atoms with Crippen molar-refractivity contribution in [2.45, 2.75) is 18.9 Å². The number of hydrogen-bond donors (Lipinski definition) is 0. The van der Waals surface area contributed by atoms with Crippen LogP contribution < -0.4 is 19.6 Å². The molecule has 0 amide bonds. The monoisotopic (exact) mass is 632 g/mol. The summed E-state index contributed by atoms with van der Waals surface area (Å²) in [6, 6.07) is 22.5.